The molecule has 1 aromatic carbocycles. The quantitative estimate of drug-likeness (QED) is 0.542. The molecule has 5 heteroatoms. The van der Waals surface area contributed by atoms with Crippen molar-refractivity contribution >= 4 is 23.6 Å². The van der Waals surface area contributed by atoms with Gasteiger partial charge in [0, 0.05) is 18.3 Å². The minimum Gasteiger partial charge on any atom is -0.399 e. The molecule has 0 radical (unpaired) electrons. The van der Waals surface area contributed by atoms with E-state index in [1.165, 1.54) is 6.08 Å². The minimum atomic E-state index is -0.759. The Kier molecular flexibility index (Phi) is 4.69. The lowest BCUT2D eigenvalue weighted by molar-refractivity contribution is -0.126. The summed E-state index contributed by atoms with van der Waals surface area (Å²) in [5.74, 6) is -0.721. The fourth-order valence-electron chi connectivity index (χ4n) is 1.23. The number of carbonyl (C=O) groups is 2. The van der Waals surface area contributed by atoms with Crippen LogP contribution >= 0.6 is 0 Å². The Morgan fingerprint density at radius 3 is 2.37 bits per heavy atom. The highest BCUT2D eigenvalue weighted by Gasteiger charge is 2.24. The van der Waals surface area contributed by atoms with Gasteiger partial charge in [0.2, 0.25) is 11.8 Å². The molecule has 1 rings (SSSR count). The van der Waals surface area contributed by atoms with Gasteiger partial charge >= 0.3 is 0 Å². The highest BCUT2D eigenvalue weighted by atomic mass is 16.2. The molecule has 5 N–H and O–H groups in total. The number of hydrogen-bond donors (Lipinski definition) is 3. The second-order valence-electron chi connectivity index (χ2n) is 4.97. The van der Waals surface area contributed by atoms with Crippen molar-refractivity contribution in [3.63, 3.8) is 0 Å². The van der Waals surface area contributed by atoms with Gasteiger partial charge in [0.25, 0.3) is 0 Å². The van der Waals surface area contributed by atoms with Crippen LogP contribution in [0.25, 0.3) is 6.08 Å². The van der Waals surface area contributed by atoms with Crippen molar-refractivity contribution in [1.82, 2.24) is 5.32 Å². The lowest BCUT2D eigenvalue weighted by Gasteiger charge is -2.19. The highest BCUT2D eigenvalue weighted by Crippen LogP contribution is 2.12. The van der Waals surface area contributed by atoms with Gasteiger partial charge in [-0.1, -0.05) is 12.1 Å². The number of amides is 2. The Hall–Kier alpha value is -2.30. The van der Waals surface area contributed by atoms with Crippen LogP contribution in [0, 0.1) is 5.41 Å². The van der Waals surface area contributed by atoms with Crippen molar-refractivity contribution in [1.29, 1.82) is 0 Å². The van der Waals surface area contributed by atoms with Crippen molar-refractivity contribution < 1.29 is 9.59 Å². The van der Waals surface area contributed by atoms with E-state index < -0.39 is 11.3 Å². The molecular weight excluding hydrogens is 242 g/mol. The number of rotatable bonds is 5. The molecule has 0 aliphatic rings. The molecule has 0 saturated carbocycles. The van der Waals surface area contributed by atoms with Gasteiger partial charge in [0.1, 0.15) is 0 Å². The predicted molar refractivity (Wildman–Crippen MR) is 75.9 cm³/mol. The molecule has 0 saturated heterocycles. The number of nitrogen functional groups attached to an aromatic ring is 1. The summed E-state index contributed by atoms with van der Waals surface area (Å²) in [4.78, 5) is 22.7. The van der Waals surface area contributed by atoms with Crippen LogP contribution < -0.4 is 16.8 Å². The maximum atomic E-state index is 11.6. The molecule has 0 spiro atoms. The van der Waals surface area contributed by atoms with Gasteiger partial charge in [0.15, 0.2) is 0 Å². The molecule has 102 valence electrons. The average Bonchev–Trinajstić information content (AvgIpc) is 2.35. The summed E-state index contributed by atoms with van der Waals surface area (Å²) in [6, 6.07) is 7.14. The number of nitrogens with two attached hydrogens (primary N) is 2. The van der Waals surface area contributed by atoms with Gasteiger partial charge < -0.3 is 16.8 Å². The predicted octanol–water partition coefficient (Wildman–Crippen LogP) is 0.910. The standard InChI is InChI=1S/C14H19N3O2/c1-14(2,13(16)19)9-17-12(18)8-5-10-3-6-11(15)7-4-10/h3-8H,9,15H2,1-2H3,(H2,16,19)(H,17,18)/b8-5+. The lowest BCUT2D eigenvalue weighted by atomic mass is 9.93. The third kappa shape index (κ3) is 4.83. The lowest BCUT2D eigenvalue weighted by Crippen LogP contribution is -2.41. The molecule has 2 amide bonds. The Bertz CT molecular complexity index is 490. The summed E-state index contributed by atoms with van der Waals surface area (Å²) in [6.07, 6.45) is 3.08. The zero-order valence-corrected chi connectivity index (χ0v) is 11.1. The summed E-state index contributed by atoms with van der Waals surface area (Å²) in [6.45, 7) is 3.56. The Balaban J connectivity index is 2.52. The van der Waals surface area contributed by atoms with Crippen LogP contribution in [-0.4, -0.2) is 18.4 Å². The molecule has 1 aromatic rings. The monoisotopic (exact) mass is 261 g/mol. The second kappa shape index (κ2) is 6.04. The SMILES string of the molecule is CC(C)(CNC(=O)/C=C/c1ccc(N)cc1)C(N)=O. The summed E-state index contributed by atoms with van der Waals surface area (Å²) >= 11 is 0. The first-order valence-electron chi connectivity index (χ1n) is 5.92. The first-order chi connectivity index (χ1) is 8.81. The van der Waals surface area contributed by atoms with E-state index in [4.69, 9.17) is 11.5 Å². The van der Waals surface area contributed by atoms with E-state index in [2.05, 4.69) is 5.32 Å². The minimum absolute atomic E-state index is 0.202. The first-order valence-corrected chi connectivity index (χ1v) is 5.92. The highest BCUT2D eigenvalue weighted by molar-refractivity contribution is 5.92. The van der Waals surface area contributed by atoms with Crippen molar-refractivity contribution in [2.24, 2.45) is 11.1 Å². The van der Waals surface area contributed by atoms with Crippen LogP contribution in [-0.2, 0) is 9.59 Å². The fourth-order valence-corrected chi connectivity index (χ4v) is 1.23. The van der Waals surface area contributed by atoms with Crippen LogP contribution in [0.1, 0.15) is 19.4 Å². The normalized spacial score (nSPS) is 11.5. The summed E-state index contributed by atoms with van der Waals surface area (Å²) in [5.41, 5.74) is 11.6. The van der Waals surface area contributed by atoms with Crippen LogP contribution in [0.5, 0.6) is 0 Å². The first kappa shape index (κ1) is 14.8. The smallest absolute Gasteiger partial charge is 0.244 e. The van der Waals surface area contributed by atoms with Gasteiger partial charge in [-0.3, -0.25) is 9.59 Å². The van der Waals surface area contributed by atoms with Gasteiger partial charge in [-0.2, -0.15) is 0 Å². The molecule has 0 aliphatic heterocycles. The van der Waals surface area contributed by atoms with Gasteiger partial charge in [-0.25, -0.2) is 0 Å². The molecule has 0 bridgehead atoms. The molecular formula is C14H19N3O2. The molecule has 0 aliphatic carbocycles. The Labute approximate surface area is 112 Å². The molecule has 0 heterocycles. The maximum Gasteiger partial charge on any atom is 0.244 e. The van der Waals surface area contributed by atoms with E-state index in [0.717, 1.165) is 5.56 Å². The van der Waals surface area contributed by atoms with Crippen LogP contribution in [0.4, 0.5) is 5.69 Å². The van der Waals surface area contributed by atoms with Gasteiger partial charge in [-0.15, -0.1) is 0 Å². The van der Waals surface area contributed by atoms with Crippen LogP contribution in [0.3, 0.4) is 0 Å². The number of primary amides is 1. The average molecular weight is 261 g/mol. The Morgan fingerprint density at radius 2 is 1.84 bits per heavy atom. The summed E-state index contributed by atoms with van der Waals surface area (Å²) < 4.78 is 0. The molecule has 5 nitrogen and oxygen atoms in total. The molecule has 0 fully saturated rings. The van der Waals surface area contributed by atoms with Crippen molar-refractivity contribution in [3.8, 4) is 0 Å². The van der Waals surface area contributed by atoms with Crippen molar-refractivity contribution in [3.05, 3.63) is 35.9 Å². The second-order valence-corrected chi connectivity index (χ2v) is 4.97. The van der Waals surface area contributed by atoms with Crippen molar-refractivity contribution in [2.45, 2.75) is 13.8 Å². The van der Waals surface area contributed by atoms with E-state index in [1.807, 2.05) is 12.1 Å². The summed E-state index contributed by atoms with van der Waals surface area (Å²) in [5, 5.41) is 2.63. The van der Waals surface area contributed by atoms with E-state index >= 15 is 0 Å². The fraction of sp³-hybridized carbons (Fsp3) is 0.286. The number of carbonyl (C=O) groups excluding carboxylic acids is 2. The van der Waals surface area contributed by atoms with E-state index in [9.17, 15) is 9.59 Å². The number of nitrogens with one attached hydrogen (secondary N) is 1. The van der Waals surface area contributed by atoms with Crippen LogP contribution in [0.15, 0.2) is 30.3 Å². The Morgan fingerprint density at radius 1 is 1.26 bits per heavy atom. The third-order valence-electron chi connectivity index (χ3n) is 2.74. The molecule has 0 atom stereocenters. The molecule has 0 aromatic heterocycles. The van der Waals surface area contributed by atoms with Gasteiger partial charge in [0.05, 0.1) is 5.41 Å². The van der Waals surface area contributed by atoms with E-state index in [-0.39, 0.29) is 12.5 Å². The van der Waals surface area contributed by atoms with Crippen molar-refractivity contribution in [2.75, 3.05) is 12.3 Å². The zero-order valence-electron chi connectivity index (χ0n) is 11.1. The zero-order chi connectivity index (χ0) is 14.5. The molecule has 19 heavy (non-hydrogen) atoms. The van der Waals surface area contributed by atoms with Crippen LogP contribution in [0.2, 0.25) is 0 Å². The number of hydrogen-bond acceptors (Lipinski definition) is 3. The maximum absolute atomic E-state index is 11.6. The van der Waals surface area contributed by atoms with E-state index in [1.54, 1.807) is 32.1 Å². The van der Waals surface area contributed by atoms with Gasteiger partial charge in [-0.05, 0) is 37.6 Å². The topological polar surface area (TPSA) is 98.2 Å². The largest absolute Gasteiger partial charge is 0.399 e. The third-order valence-corrected chi connectivity index (χ3v) is 2.74. The number of benzene rings is 1. The van der Waals surface area contributed by atoms with E-state index in [0.29, 0.717) is 5.69 Å². The molecule has 0 unspecified atom stereocenters. The number of anilines is 1. The summed E-state index contributed by atoms with van der Waals surface area (Å²) in [7, 11) is 0.